The Morgan fingerprint density at radius 2 is 1.04 bits per heavy atom. The van der Waals surface area contributed by atoms with Gasteiger partial charge in [-0.25, -0.2) is 0 Å². The van der Waals surface area contributed by atoms with Crippen LogP contribution in [0.5, 0.6) is 0 Å². The van der Waals surface area contributed by atoms with Crippen LogP contribution >= 0.6 is 0 Å². The molecular formula is C22H24N2O2. The molecule has 0 unspecified atom stereocenters. The molecule has 0 spiro atoms. The van der Waals surface area contributed by atoms with E-state index in [0.29, 0.717) is 24.2 Å². The second kappa shape index (κ2) is 9.99. The maximum atomic E-state index is 11.1. The van der Waals surface area contributed by atoms with Gasteiger partial charge in [0, 0.05) is 0 Å². The van der Waals surface area contributed by atoms with E-state index in [1.54, 1.807) is 0 Å². The summed E-state index contributed by atoms with van der Waals surface area (Å²) in [7, 11) is 0. The third-order valence-electron chi connectivity index (χ3n) is 4.12. The van der Waals surface area contributed by atoms with E-state index >= 15 is 0 Å². The first kappa shape index (κ1) is 19.2. The predicted octanol–water partition coefficient (Wildman–Crippen LogP) is 3.69. The summed E-state index contributed by atoms with van der Waals surface area (Å²) in [5, 5.41) is 5.36. The largest absolute Gasteiger partial charge is 0.327 e. The van der Waals surface area contributed by atoms with E-state index in [1.807, 2.05) is 60.7 Å². The first-order valence-electron chi connectivity index (χ1n) is 8.72. The minimum Gasteiger partial charge on any atom is -0.327 e. The molecule has 0 saturated carbocycles. The molecule has 2 amide bonds. The van der Waals surface area contributed by atoms with Gasteiger partial charge in [0.15, 0.2) is 0 Å². The van der Waals surface area contributed by atoms with Crippen molar-refractivity contribution in [3.05, 3.63) is 82.2 Å². The molecule has 0 saturated heterocycles. The number of hydrogen-bond acceptors (Lipinski definition) is 2. The highest BCUT2D eigenvalue weighted by molar-refractivity contribution is 5.72. The highest BCUT2D eigenvalue weighted by Gasteiger charge is 2.06. The maximum Gasteiger partial charge on any atom is 0.211 e. The van der Waals surface area contributed by atoms with Crippen molar-refractivity contribution in [2.75, 3.05) is 0 Å². The molecule has 0 bridgehead atoms. The molecule has 2 aromatic carbocycles. The van der Waals surface area contributed by atoms with Gasteiger partial charge in [0.25, 0.3) is 0 Å². The second-order valence-electron chi connectivity index (χ2n) is 5.83. The predicted molar refractivity (Wildman–Crippen MR) is 106 cm³/mol. The third-order valence-corrected chi connectivity index (χ3v) is 4.12. The third kappa shape index (κ3) is 5.45. The van der Waals surface area contributed by atoms with E-state index in [1.165, 1.54) is 11.1 Å². The molecule has 0 aromatic heterocycles. The van der Waals surface area contributed by atoms with Gasteiger partial charge in [-0.15, -0.1) is 0 Å². The van der Waals surface area contributed by atoms with Crippen LogP contribution in [0.1, 0.15) is 36.1 Å². The molecule has 0 aliphatic rings. The Hall–Kier alpha value is -3.14. The monoisotopic (exact) mass is 348 g/mol. The average molecular weight is 348 g/mol. The van der Waals surface area contributed by atoms with Crippen molar-refractivity contribution >= 4 is 25.0 Å². The number of carbonyl (C=O) groups is 2. The normalized spacial score (nSPS) is 11.8. The molecule has 2 N–H and O–H groups in total. The summed E-state index contributed by atoms with van der Waals surface area (Å²) in [6, 6.07) is 16.1. The minimum atomic E-state index is 0.524. The number of hydrogen-bond donors (Lipinski definition) is 2. The standard InChI is InChI=1S/C22H24N2O2/c1-3-17-5-9-19(10-6-17)13-21(23-15-25)22(24-16-26)14-20-11-7-18(4-2)8-12-20/h5-16H,3-4H2,1-2H3,(H,23,25)(H,24,26)/b21-13+,22-14?. The zero-order valence-electron chi connectivity index (χ0n) is 15.2. The van der Waals surface area contributed by atoms with Gasteiger partial charge in [-0.2, -0.15) is 0 Å². The fourth-order valence-electron chi connectivity index (χ4n) is 2.55. The van der Waals surface area contributed by atoms with Crippen LogP contribution in [0, 0.1) is 0 Å². The molecule has 26 heavy (non-hydrogen) atoms. The first-order valence-corrected chi connectivity index (χ1v) is 8.72. The quantitative estimate of drug-likeness (QED) is 0.536. The van der Waals surface area contributed by atoms with E-state index in [9.17, 15) is 9.59 Å². The van der Waals surface area contributed by atoms with Crippen molar-refractivity contribution in [2.24, 2.45) is 0 Å². The van der Waals surface area contributed by atoms with E-state index in [-0.39, 0.29) is 0 Å². The van der Waals surface area contributed by atoms with Crippen LogP contribution in [0.4, 0.5) is 0 Å². The summed E-state index contributed by atoms with van der Waals surface area (Å²) in [6.45, 7) is 4.20. The number of rotatable bonds is 9. The highest BCUT2D eigenvalue weighted by atomic mass is 16.1. The molecule has 0 fully saturated rings. The molecule has 0 atom stereocenters. The average Bonchev–Trinajstić information content (AvgIpc) is 2.68. The van der Waals surface area contributed by atoms with Crippen molar-refractivity contribution in [3.8, 4) is 0 Å². The van der Waals surface area contributed by atoms with Crippen molar-refractivity contribution in [1.29, 1.82) is 0 Å². The smallest absolute Gasteiger partial charge is 0.211 e. The summed E-state index contributed by atoms with van der Waals surface area (Å²) in [6.07, 6.45) is 6.80. The van der Waals surface area contributed by atoms with Gasteiger partial charge in [0.2, 0.25) is 12.8 Å². The molecule has 2 aromatic rings. The van der Waals surface area contributed by atoms with Crippen LogP contribution in [0.3, 0.4) is 0 Å². The molecular weight excluding hydrogens is 324 g/mol. The Morgan fingerprint density at radius 1 is 0.692 bits per heavy atom. The molecule has 4 heteroatoms. The topological polar surface area (TPSA) is 58.2 Å². The number of carbonyl (C=O) groups excluding carboxylic acids is 2. The SMILES string of the molecule is CCc1ccc(C=C(NC=O)/C(=C\c2ccc(CC)cc2)NC=O)cc1. The van der Waals surface area contributed by atoms with Crippen molar-refractivity contribution in [3.63, 3.8) is 0 Å². The van der Waals surface area contributed by atoms with Crippen molar-refractivity contribution in [1.82, 2.24) is 10.6 Å². The fraction of sp³-hybridized carbons (Fsp3) is 0.182. The number of aryl methyl sites for hydroxylation is 2. The molecule has 0 radical (unpaired) electrons. The van der Waals surface area contributed by atoms with Gasteiger partial charge in [0.05, 0.1) is 11.4 Å². The lowest BCUT2D eigenvalue weighted by molar-refractivity contribution is -0.110. The van der Waals surface area contributed by atoms with E-state index in [0.717, 1.165) is 24.0 Å². The molecule has 0 heterocycles. The van der Waals surface area contributed by atoms with E-state index < -0.39 is 0 Å². The molecule has 0 aliphatic carbocycles. The number of amides is 2. The number of nitrogens with one attached hydrogen (secondary N) is 2. The minimum absolute atomic E-state index is 0.524. The zero-order chi connectivity index (χ0) is 18.8. The Labute approximate surface area is 154 Å². The Kier molecular flexibility index (Phi) is 7.37. The second-order valence-corrected chi connectivity index (χ2v) is 5.83. The van der Waals surface area contributed by atoms with E-state index in [4.69, 9.17) is 0 Å². The van der Waals surface area contributed by atoms with E-state index in [2.05, 4.69) is 24.5 Å². The zero-order valence-corrected chi connectivity index (χ0v) is 15.2. The highest BCUT2D eigenvalue weighted by Crippen LogP contribution is 2.16. The van der Waals surface area contributed by atoms with Crippen LogP contribution in [-0.4, -0.2) is 12.8 Å². The lowest BCUT2D eigenvalue weighted by Gasteiger charge is -2.11. The van der Waals surface area contributed by atoms with Crippen molar-refractivity contribution < 1.29 is 9.59 Å². The van der Waals surface area contributed by atoms with Crippen LogP contribution in [-0.2, 0) is 22.4 Å². The van der Waals surface area contributed by atoms with Crippen LogP contribution in [0.15, 0.2) is 59.9 Å². The lowest BCUT2D eigenvalue weighted by atomic mass is 10.1. The van der Waals surface area contributed by atoms with Gasteiger partial charge in [-0.3, -0.25) is 9.59 Å². The van der Waals surface area contributed by atoms with Gasteiger partial charge >= 0.3 is 0 Å². The summed E-state index contributed by atoms with van der Waals surface area (Å²) < 4.78 is 0. The lowest BCUT2D eigenvalue weighted by Crippen LogP contribution is -2.21. The van der Waals surface area contributed by atoms with Gasteiger partial charge in [0.1, 0.15) is 0 Å². The molecule has 4 nitrogen and oxygen atoms in total. The molecule has 0 aliphatic heterocycles. The summed E-state index contributed by atoms with van der Waals surface area (Å²) in [5.74, 6) is 0. The van der Waals surface area contributed by atoms with Gasteiger partial charge < -0.3 is 10.6 Å². The summed E-state index contributed by atoms with van der Waals surface area (Å²) in [4.78, 5) is 22.1. The van der Waals surface area contributed by atoms with Gasteiger partial charge in [-0.1, -0.05) is 62.4 Å². The molecule has 134 valence electrons. The summed E-state index contributed by atoms with van der Waals surface area (Å²) >= 11 is 0. The first-order chi connectivity index (χ1) is 12.7. The fourth-order valence-corrected chi connectivity index (χ4v) is 2.55. The molecule has 2 rings (SSSR count). The van der Waals surface area contributed by atoms with Gasteiger partial charge in [-0.05, 0) is 47.2 Å². The van der Waals surface area contributed by atoms with Crippen LogP contribution in [0.25, 0.3) is 12.2 Å². The maximum absolute atomic E-state index is 11.1. The summed E-state index contributed by atoms with van der Waals surface area (Å²) in [5.41, 5.74) is 5.40. The number of benzene rings is 2. The Balaban J connectivity index is 2.39. The Bertz CT molecular complexity index is 718. The Morgan fingerprint density at radius 3 is 1.31 bits per heavy atom. The van der Waals surface area contributed by atoms with Crippen molar-refractivity contribution in [2.45, 2.75) is 26.7 Å². The van der Waals surface area contributed by atoms with Crippen LogP contribution < -0.4 is 10.6 Å². The van der Waals surface area contributed by atoms with Crippen LogP contribution in [0.2, 0.25) is 0 Å².